The quantitative estimate of drug-likeness (QED) is 0.748. The van der Waals surface area contributed by atoms with Gasteiger partial charge in [-0.15, -0.1) is 0 Å². The normalized spacial score (nSPS) is 16.7. The molecule has 6 nitrogen and oxygen atoms in total. The Morgan fingerprint density at radius 1 is 1.27 bits per heavy atom. The predicted octanol–water partition coefficient (Wildman–Crippen LogP) is 2.81. The van der Waals surface area contributed by atoms with Crippen molar-refractivity contribution in [3.63, 3.8) is 0 Å². The summed E-state index contributed by atoms with van der Waals surface area (Å²) in [4.78, 5) is 28.5. The number of ether oxygens (including phenoxy) is 2. The highest BCUT2D eigenvalue weighted by atomic mass is 16.5. The molecule has 0 spiro atoms. The minimum absolute atomic E-state index is 0.0311. The summed E-state index contributed by atoms with van der Waals surface area (Å²) in [7, 11) is 5.00. The van der Waals surface area contributed by atoms with E-state index < -0.39 is 0 Å². The number of benzene rings is 1. The summed E-state index contributed by atoms with van der Waals surface area (Å²) >= 11 is 0. The second kappa shape index (κ2) is 8.92. The van der Waals surface area contributed by atoms with Crippen molar-refractivity contribution >= 4 is 11.8 Å². The van der Waals surface area contributed by atoms with Gasteiger partial charge in [-0.05, 0) is 43.4 Å². The third kappa shape index (κ3) is 4.68. The first kappa shape index (κ1) is 20.1. The largest absolute Gasteiger partial charge is 0.493 e. The molecule has 1 aliphatic heterocycles. The van der Waals surface area contributed by atoms with Gasteiger partial charge in [0.05, 0.1) is 13.7 Å². The second-order valence-electron chi connectivity index (χ2n) is 7.29. The Bertz CT molecular complexity index is 643. The number of rotatable bonds is 7. The predicted molar refractivity (Wildman–Crippen MR) is 101 cm³/mol. The summed E-state index contributed by atoms with van der Waals surface area (Å²) in [5, 5.41) is 0. The molecule has 1 unspecified atom stereocenters. The lowest BCUT2D eigenvalue weighted by atomic mass is 10.1. The van der Waals surface area contributed by atoms with Crippen LogP contribution in [0.1, 0.15) is 43.5 Å². The van der Waals surface area contributed by atoms with Gasteiger partial charge >= 0.3 is 0 Å². The molecular weight excluding hydrogens is 332 g/mol. The van der Waals surface area contributed by atoms with Gasteiger partial charge in [0.2, 0.25) is 5.91 Å². The van der Waals surface area contributed by atoms with E-state index in [4.69, 9.17) is 9.47 Å². The van der Waals surface area contributed by atoms with Gasteiger partial charge < -0.3 is 19.3 Å². The van der Waals surface area contributed by atoms with Gasteiger partial charge in [-0.1, -0.05) is 13.8 Å². The SMILES string of the molecule is COc1cc(C(=O)N2CCCC2C(=O)N(C)C)ccc1OCCC(C)C. The molecule has 1 heterocycles. The first-order valence-electron chi connectivity index (χ1n) is 9.18. The molecule has 2 rings (SSSR count). The molecule has 0 aliphatic carbocycles. The van der Waals surface area contributed by atoms with Crippen LogP contribution in [0.15, 0.2) is 18.2 Å². The van der Waals surface area contributed by atoms with Crippen molar-refractivity contribution in [3.05, 3.63) is 23.8 Å². The maximum Gasteiger partial charge on any atom is 0.254 e. The van der Waals surface area contributed by atoms with Crippen LogP contribution in [-0.2, 0) is 4.79 Å². The number of hydrogen-bond acceptors (Lipinski definition) is 4. The summed E-state index contributed by atoms with van der Waals surface area (Å²) in [6, 6.07) is 4.82. The number of methoxy groups -OCH3 is 1. The molecule has 2 amide bonds. The molecule has 1 atom stereocenters. The van der Waals surface area contributed by atoms with E-state index in [1.807, 2.05) is 0 Å². The molecule has 1 aliphatic rings. The van der Waals surface area contributed by atoms with Gasteiger partial charge in [0.1, 0.15) is 6.04 Å². The number of amides is 2. The van der Waals surface area contributed by atoms with Crippen molar-refractivity contribution in [2.24, 2.45) is 5.92 Å². The minimum atomic E-state index is -0.384. The van der Waals surface area contributed by atoms with Gasteiger partial charge in [0.15, 0.2) is 11.5 Å². The van der Waals surface area contributed by atoms with E-state index in [-0.39, 0.29) is 17.9 Å². The van der Waals surface area contributed by atoms with Gasteiger partial charge in [-0.25, -0.2) is 0 Å². The van der Waals surface area contributed by atoms with Crippen LogP contribution in [0.2, 0.25) is 0 Å². The van der Waals surface area contributed by atoms with Gasteiger partial charge in [-0.3, -0.25) is 9.59 Å². The Morgan fingerprint density at radius 3 is 2.62 bits per heavy atom. The zero-order chi connectivity index (χ0) is 19.3. The Labute approximate surface area is 156 Å². The molecule has 26 heavy (non-hydrogen) atoms. The van der Waals surface area contributed by atoms with Crippen LogP contribution in [0, 0.1) is 5.92 Å². The van der Waals surface area contributed by atoms with Crippen molar-refractivity contribution in [1.82, 2.24) is 9.80 Å². The summed E-state index contributed by atoms with van der Waals surface area (Å²) in [6.07, 6.45) is 2.49. The zero-order valence-corrected chi connectivity index (χ0v) is 16.4. The molecular formula is C20H30N2O4. The van der Waals surface area contributed by atoms with E-state index in [1.165, 1.54) is 0 Å². The molecule has 6 heteroatoms. The Kier molecular flexibility index (Phi) is 6.89. The lowest BCUT2D eigenvalue weighted by Gasteiger charge is -2.26. The third-order valence-corrected chi connectivity index (χ3v) is 4.60. The van der Waals surface area contributed by atoms with Crippen molar-refractivity contribution in [2.45, 2.75) is 39.2 Å². The van der Waals surface area contributed by atoms with Crippen molar-refractivity contribution in [2.75, 3.05) is 34.4 Å². The molecule has 1 aromatic carbocycles. The highest BCUT2D eigenvalue weighted by molar-refractivity contribution is 5.98. The number of likely N-dealkylation sites (N-methyl/N-ethyl adjacent to an activating group) is 1. The summed E-state index contributed by atoms with van der Waals surface area (Å²) in [5.41, 5.74) is 0.511. The number of hydrogen-bond donors (Lipinski definition) is 0. The van der Waals surface area contributed by atoms with Gasteiger partial charge in [0.25, 0.3) is 5.91 Å². The smallest absolute Gasteiger partial charge is 0.254 e. The highest BCUT2D eigenvalue weighted by Gasteiger charge is 2.35. The Morgan fingerprint density at radius 2 is 2.00 bits per heavy atom. The van der Waals surface area contributed by atoms with Crippen LogP contribution < -0.4 is 9.47 Å². The topological polar surface area (TPSA) is 59.1 Å². The van der Waals surface area contributed by atoms with E-state index in [0.29, 0.717) is 42.6 Å². The Hall–Kier alpha value is -2.24. The van der Waals surface area contributed by atoms with Gasteiger partial charge in [-0.2, -0.15) is 0 Å². The fraction of sp³-hybridized carbons (Fsp3) is 0.600. The molecule has 0 saturated carbocycles. The molecule has 0 radical (unpaired) electrons. The maximum atomic E-state index is 12.9. The van der Waals surface area contributed by atoms with Crippen LogP contribution in [0.5, 0.6) is 11.5 Å². The molecule has 144 valence electrons. The molecule has 0 aromatic heterocycles. The summed E-state index contributed by atoms with van der Waals surface area (Å²) in [6.45, 7) is 5.48. The standard InChI is InChI=1S/C20H30N2O4/c1-14(2)10-12-26-17-9-8-15(13-18(17)25-5)19(23)22-11-6-7-16(22)20(24)21(3)4/h8-9,13-14,16H,6-7,10-12H2,1-5H3. The van der Waals surface area contributed by atoms with Crippen molar-refractivity contribution in [1.29, 1.82) is 0 Å². The summed E-state index contributed by atoms with van der Waals surface area (Å²) in [5.74, 6) is 1.55. The van der Waals surface area contributed by atoms with Crippen LogP contribution in [0.25, 0.3) is 0 Å². The van der Waals surface area contributed by atoms with Crippen LogP contribution in [-0.4, -0.2) is 62.0 Å². The number of carbonyl (C=O) groups excluding carboxylic acids is 2. The third-order valence-electron chi connectivity index (χ3n) is 4.60. The average molecular weight is 362 g/mol. The van der Waals surface area contributed by atoms with E-state index in [1.54, 1.807) is 49.2 Å². The van der Waals surface area contributed by atoms with Crippen LogP contribution in [0.4, 0.5) is 0 Å². The zero-order valence-electron chi connectivity index (χ0n) is 16.4. The number of nitrogens with zero attached hydrogens (tertiary/aromatic N) is 2. The lowest BCUT2D eigenvalue weighted by Crippen LogP contribution is -2.45. The van der Waals surface area contributed by atoms with Gasteiger partial charge in [0, 0.05) is 26.2 Å². The monoisotopic (exact) mass is 362 g/mol. The maximum absolute atomic E-state index is 12.9. The first-order chi connectivity index (χ1) is 12.3. The minimum Gasteiger partial charge on any atom is -0.493 e. The molecule has 1 aromatic rings. The number of likely N-dealkylation sites (tertiary alicyclic amines) is 1. The average Bonchev–Trinajstić information content (AvgIpc) is 3.09. The van der Waals surface area contributed by atoms with E-state index in [0.717, 1.165) is 12.8 Å². The van der Waals surface area contributed by atoms with E-state index in [9.17, 15) is 9.59 Å². The van der Waals surface area contributed by atoms with Crippen LogP contribution in [0.3, 0.4) is 0 Å². The molecule has 1 fully saturated rings. The second-order valence-corrected chi connectivity index (χ2v) is 7.29. The van der Waals surface area contributed by atoms with E-state index >= 15 is 0 Å². The molecule has 0 N–H and O–H groups in total. The lowest BCUT2D eigenvalue weighted by molar-refractivity contribution is -0.132. The fourth-order valence-corrected chi connectivity index (χ4v) is 3.05. The summed E-state index contributed by atoms with van der Waals surface area (Å²) < 4.78 is 11.2. The van der Waals surface area contributed by atoms with Crippen molar-refractivity contribution < 1.29 is 19.1 Å². The van der Waals surface area contributed by atoms with Crippen molar-refractivity contribution in [3.8, 4) is 11.5 Å². The van der Waals surface area contributed by atoms with E-state index in [2.05, 4.69) is 13.8 Å². The highest BCUT2D eigenvalue weighted by Crippen LogP contribution is 2.30. The molecule has 0 bridgehead atoms. The first-order valence-corrected chi connectivity index (χ1v) is 9.18. The number of carbonyl (C=O) groups is 2. The Balaban J connectivity index is 2.14. The fourth-order valence-electron chi connectivity index (χ4n) is 3.05. The van der Waals surface area contributed by atoms with Crippen LogP contribution >= 0.6 is 0 Å². The molecule has 1 saturated heterocycles.